The van der Waals surface area contributed by atoms with Gasteiger partial charge in [-0.25, -0.2) is 4.68 Å². The molecular weight excluding hydrogens is 368 g/mol. The summed E-state index contributed by atoms with van der Waals surface area (Å²) >= 11 is 0. The fourth-order valence-corrected chi connectivity index (χ4v) is 2.81. The van der Waals surface area contributed by atoms with E-state index in [4.69, 9.17) is 0 Å². The molecule has 29 heavy (non-hydrogen) atoms. The average Bonchev–Trinajstić information content (AvgIpc) is 3.25. The Bertz CT molecular complexity index is 997. The van der Waals surface area contributed by atoms with Crippen molar-refractivity contribution in [1.82, 2.24) is 30.4 Å². The van der Waals surface area contributed by atoms with Gasteiger partial charge in [0.15, 0.2) is 0 Å². The zero-order valence-electron chi connectivity index (χ0n) is 17.0. The number of carbonyl (C=O) groups is 2. The van der Waals surface area contributed by atoms with Crippen molar-refractivity contribution in [3.8, 4) is 5.69 Å². The molecule has 8 nitrogen and oxygen atoms in total. The second kappa shape index (κ2) is 8.64. The summed E-state index contributed by atoms with van der Waals surface area (Å²) in [5.41, 5.74) is 3.82. The van der Waals surface area contributed by atoms with Crippen LogP contribution >= 0.6 is 0 Å². The number of carbonyl (C=O) groups excluding carboxylic acids is 2. The number of benzene rings is 2. The smallest absolute Gasteiger partial charge is 0.253 e. The fraction of sp³-hybridized carbons (Fsp3) is 0.286. The van der Waals surface area contributed by atoms with Gasteiger partial charge >= 0.3 is 0 Å². The van der Waals surface area contributed by atoms with E-state index in [0.717, 1.165) is 16.8 Å². The largest absolute Gasteiger partial charge is 0.348 e. The molecule has 3 aromatic rings. The third-order valence-corrected chi connectivity index (χ3v) is 4.80. The van der Waals surface area contributed by atoms with E-state index in [0.29, 0.717) is 17.7 Å². The van der Waals surface area contributed by atoms with Gasteiger partial charge in [-0.05, 0) is 72.7 Å². The Morgan fingerprint density at radius 3 is 2.38 bits per heavy atom. The second-order valence-electron chi connectivity index (χ2n) is 7.15. The number of hydrogen-bond donors (Lipinski definition) is 1. The van der Waals surface area contributed by atoms with Gasteiger partial charge in [-0.2, -0.15) is 0 Å². The molecule has 2 amide bonds. The number of aromatic nitrogens is 4. The molecule has 0 saturated heterocycles. The Balaban J connectivity index is 1.62. The predicted octanol–water partition coefficient (Wildman–Crippen LogP) is 2.38. The summed E-state index contributed by atoms with van der Waals surface area (Å²) < 4.78 is 1.55. The van der Waals surface area contributed by atoms with Gasteiger partial charge in [-0.1, -0.05) is 12.1 Å². The Hall–Kier alpha value is -3.55. The van der Waals surface area contributed by atoms with Crippen LogP contribution in [-0.4, -0.2) is 50.0 Å². The minimum Gasteiger partial charge on any atom is -0.348 e. The molecular formula is C21H24N6O2. The molecule has 1 heterocycles. The van der Waals surface area contributed by atoms with Crippen LogP contribution in [0.2, 0.25) is 0 Å². The minimum absolute atomic E-state index is 0.0197. The first-order valence-corrected chi connectivity index (χ1v) is 9.35. The molecule has 0 aliphatic heterocycles. The second-order valence-corrected chi connectivity index (χ2v) is 7.15. The third kappa shape index (κ3) is 4.66. The fourth-order valence-electron chi connectivity index (χ4n) is 2.81. The highest BCUT2D eigenvalue weighted by molar-refractivity contribution is 5.95. The molecule has 0 aliphatic rings. The normalized spacial score (nSPS) is 10.8. The van der Waals surface area contributed by atoms with E-state index >= 15 is 0 Å². The van der Waals surface area contributed by atoms with Crippen molar-refractivity contribution in [3.05, 3.63) is 71.0 Å². The van der Waals surface area contributed by atoms with E-state index in [-0.39, 0.29) is 17.9 Å². The molecule has 150 valence electrons. The lowest BCUT2D eigenvalue weighted by atomic mass is 10.1. The number of nitrogens with zero attached hydrogens (tertiary/aromatic N) is 5. The SMILES string of the molecule is Cc1cc(C(=O)NCc2ccc(C(=O)N(C)C(C)C)cc2)ccc1-n1cnnn1. The first-order valence-electron chi connectivity index (χ1n) is 9.35. The monoisotopic (exact) mass is 392 g/mol. The molecule has 0 unspecified atom stereocenters. The predicted molar refractivity (Wildman–Crippen MR) is 109 cm³/mol. The maximum absolute atomic E-state index is 12.5. The lowest BCUT2D eigenvalue weighted by Crippen LogP contribution is -2.32. The van der Waals surface area contributed by atoms with Crippen molar-refractivity contribution >= 4 is 11.8 Å². The molecule has 0 aliphatic carbocycles. The Morgan fingerprint density at radius 2 is 1.79 bits per heavy atom. The molecule has 8 heteroatoms. The number of nitrogens with one attached hydrogen (secondary N) is 1. The van der Waals surface area contributed by atoms with Crippen molar-refractivity contribution in [1.29, 1.82) is 0 Å². The van der Waals surface area contributed by atoms with Gasteiger partial charge in [0, 0.05) is 30.8 Å². The van der Waals surface area contributed by atoms with E-state index in [9.17, 15) is 9.59 Å². The van der Waals surface area contributed by atoms with Gasteiger partial charge < -0.3 is 10.2 Å². The molecule has 0 fully saturated rings. The van der Waals surface area contributed by atoms with Crippen molar-refractivity contribution in [2.45, 2.75) is 33.4 Å². The summed E-state index contributed by atoms with van der Waals surface area (Å²) in [6, 6.07) is 12.8. The molecule has 0 saturated carbocycles. The van der Waals surface area contributed by atoms with E-state index in [1.807, 2.05) is 39.0 Å². The number of tetrazole rings is 1. The maximum atomic E-state index is 12.5. The molecule has 0 bridgehead atoms. The zero-order valence-corrected chi connectivity index (χ0v) is 17.0. The van der Waals surface area contributed by atoms with Gasteiger partial charge in [0.25, 0.3) is 11.8 Å². The summed E-state index contributed by atoms with van der Waals surface area (Å²) in [6.07, 6.45) is 1.51. The Morgan fingerprint density at radius 1 is 1.10 bits per heavy atom. The molecule has 0 spiro atoms. The van der Waals surface area contributed by atoms with Crippen molar-refractivity contribution < 1.29 is 9.59 Å². The van der Waals surface area contributed by atoms with Gasteiger partial charge in [-0.15, -0.1) is 5.10 Å². The van der Waals surface area contributed by atoms with Crippen LogP contribution in [0.4, 0.5) is 0 Å². The average molecular weight is 392 g/mol. The molecule has 0 atom stereocenters. The van der Waals surface area contributed by atoms with Crippen LogP contribution in [0.3, 0.4) is 0 Å². The van der Waals surface area contributed by atoms with Gasteiger partial charge in [-0.3, -0.25) is 9.59 Å². The number of rotatable bonds is 6. The molecule has 0 radical (unpaired) electrons. The molecule has 1 aromatic heterocycles. The summed E-state index contributed by atoms with van der Waals surface area (Å²) in [6.45, 7) is 6.22. The van der Waals surface area contributed by atoms with Crippen molar-refractivity contribution in [3.63, 3.8) is 0 Å². The summed E-state index contributed by atoms with van der Waals surface area (Å²) in [4.78, 5) is 26.5. The standard InChI is InChI=1S/C21H24N6O2/c1-14(2)26(4)21(29)17-7-5-16(6-8-17)12-22-20(28)18-9-10-19(15(3)11-18)27-13-23-24-25-27/h5-11,13-14H,12H2,1-4H3,(H,22,28). The highest BCUT2D eigenvalue weighted by Gasteiger charge is 2.14. The first-order chi connectivity index (χ1) is 13.9. The summed E-state index contributed by atoms with van der Waals surface area (Å²) in [7, 11) is 1.79. The Labute approximate surface area is 169 Å². The van der Waals surface area contributed by atoms with Gasteiger partial charge in [0.1, 0.15) is 6.33 Å². The molecule has 1 N–H and O–H groups in total. The number of amides is 2. The zero-order chi connectivity index (χ0) is 21.0. The van der Waals surface area contributed by atoms with Crippen LogP contribution in [-0.2, 0) is 6.54 Å². The lowest BCUT2D eigenvalue weighted by Gasteiger charge is -2.21. The van der Waals surface area contributed by atoms with E-state index in [1.165, 1.54) is 6.33 Å². The van der Waals surface area contributed by atoms with Crippen LogP contribution < -0.4 is 5.32 Å². The molecule has 2 aromatic carbocycles. The lowest BCUT2D eigenvalue weighted by molar-refractivity contribution is 0.0754. The van der Waals surface area contributed by atoms with Crippen LogP contribution in [0.1, 0.15) is 45.7 Å². The van der Waals surface area contributed by atoms with Gasteiger partial charge in [0.05, 0.1) is 5.69 Å². The Kier molecular flexibility index (Phi) is 6.01. The highest BCUT2D eigenvalue weighted by Crippen LogP contribution is 2.15. The maximum Gasteiger partial charge on any atom is 0.253 e. The summed E-state index contributed by atoms with van der Waals surface area (Å²) in [5.74, 6) is -0.190. The van der Waals surface area contributed by atoms with Crippen molar-refractivity contribution in [2.24, 2.45) is 0 Å². The minimum atomic E-state index is -0.170. The quantitative estimate of drug-likeness (QED) is 0.695. The van der Waals surface area contributed by atoms with Crippen molar-refractivity contribution in [2.75, 3.05) is 7.05 Å². The van der Waals surface area contributed by atoms with Crippen LogP contribution in [0.5, 0.6) is 0 Å². The highest BCUT2D eigenvalue weighted by atomic mass is 16.2. The summed E-state index contributed by atoms with van der Waals surface area (Å²) in [5, 5.41) is 14.0. The van der Waals surface area contributed by atoms with Crippen LogP contribution in [0.25, 0.3) is 5.69 Å². The number of aryl methyl sites for hydroxylation is 1. The van der Waals surface area contributed by atoms with E-state index in [1.54, 1.807) is 40.9 Å². The van der Waals surface area contributed by atoms with Gasteiger partial charge in [0.2, 0.25) is 0 Å². The van der Waals surface area contributed by atoms with E-state index < -0.39 is 0 Å². The first kappa shape index (κ1) is 20.2. The van der Waals surface area contributed by atoms with E-state index in [2.05, 4.69) is 20.8 Å². The topological polar surface area (TPSA) is 93.0 Å². The molecule has 3 rings (SSSR count). The van der Waals surface area contributed by atoms with Crippen LogP contribution in [0, 0.1) is 6.92 Å². The van der Waals surface area contributed by atoms with Crippen LogP contribution in [0.15, 0.2) is 48.8 Å². The number of hydrogen-bond acceptors (Lipinski definition) is 5. The third-order valence-electron chi connectivity index (χ3n) is 4.80.